The van der Waals surface area contributed by atoms with Crippen LogP contribution in [0.5, 0.6) is 0 Å². The molecule has 98 valence electrons. The fourth-order valence-electron chi connectivity index (χ4n) is 1.02. The van der Waals surface area contributed by atoms with Crippen LogP contribution in [-0.4, -0.2) is 39.4 Å². The number of nitrogens with zero attached hydrogens (tertiary/aromatic N) is 1. The van der Waals surface area contributed by atoms with Crippen molar-refractivity contribution in [1.82, 2.24) is 9.03 Å². The van der Waals surface area contributed by atoms with Gasteiger partial charge in [-0.3, -0.25) is 0 Å². The van der Waals surface area contributed by atoms with Crippen LogP contribution in [0.1, 0.15) is 27.2 Å². The lowest BCUT2D eigenvalue weighted by atomic mass is 9.99. The molecule has 0 saturated heterocycles. The molecular formula is C10H25N3O2S. The van der Waals surface area contributed by atoms with Gasteiger partial charge >= 0.3 is 0 Å². The molecule has 0 bridgehead atoms. The van der Waals surface area contributed by atoms with Crippen LogP contribution in [0, 0.1) is 11.8 Å². The molecule has 0 spiro atoms. The molecule has 0 rings (SSSR count). The summed E-state index contributed by atoms with van der Waals surface area (Å²) in [6.07, 6.45) is 0.678. The first-order chi connectivity index (χ1) is 7.31. The molecular weight excluding hydrogens is 226 g/mol. The van der Waals surface area contributed by atoms with Gasteiger partial charge in [0.25, 0.3) is 10.2 Å². The van der Waals surface area contributed by atoms with E-state index in [1.165, 1.54) is 4.31 Å². The first-order valence-electron chi connectivity index (χ1n) is 5.72. The maximum Gasteiger partial charge on any atom is 0.279 e. The summed E-state index contributed by atoms with van der Waals surface area (Å²) in [5.41, 5.74) is 5.34. The maximum atomic E-state index is 11.7. The molecule has 16 heavy (non-hydrogen) atoms. The minimum atomic E-state index is -3.33. The normalized spacial score (nSPS) is 14.7. The van der Waals surface area contributed by atoms with E-state index in [0.29, 0.717) is 37.9 Å². The Hall–Kier alpha value is -0.170. The summed E-state index contributed by atoms with van der Waals surface area (Å²) in [6, 6.07) is 0. The van der Waals surface area contributed by atoms with Gasteiger partial charge in [-0.05, 0) is 24.8 Å². The second-order valence-corrected chi connectivity index (χ2v) is 6.40. The highest BCUT2D eigenvalue weighted by Gasteiger charge is 2.18. The van der Waals surface area contributed by atoms with Crippen LogP contribution >= 0.6 is 0 Å². The summed E-state index contributed by atoms with van der Waals surface area (Å²) in [6.45, 7) is 7.64. The maximum absolute atomic E-state index is 11.7. The van der Waals surface area contributed by atoms with Crippen LogP contribution in [0.3, 0.4) is 0 Å². The van der Waals surface area contributed by atoms with Crippen molar-refractivity contribution in [3.63, 3.8) is 0 Å². The lowest BCUT2D eigenvalue weighted by Crippen LogP contribution is -2.41. The molecule has 0 heterocycles. The highest BCUT2D eigenvalue weighted by Crippen LogP contribution is 2.08. The average Bonchev–Trinajstić information content (AvgIpc) is 2.22. The zero-order valence-electron chi connectivity index (χ0n) is 10.7. The van der Waals surface area contributed by atoms with Gasteiger partial charge < -0.3 is 5.73 Å². The summed E-state index contributed by atoms with van der Waals surface area (Å²) in [7, 11) is -1.77. The van der Waals surface area contributed by atoms with Crippen LogP contribution in [0.2, 0.25) is 0 Å². The molecule has 0 fully saturated rings. The highest BCUT2D eigenvalue weighted by atomic mass is 32.2. The van der Waals surface area contributed by atoms with E-state index < -0.39 is 10.2 Å². The quantitative estimate of drug-likeness (QED) is 0.655. The molecule has 0 aromatic heterocycles. The zero-order valence-corrected chi connectivity index (χ0v) is 11.5. The van der Waals surface area contributed by atoms with Gasteiger partial charge in [0.2, 0.25) is 0 Å². The third-order valence-corrected chi connectivity index (χ3v) is 4.35. The second-order valence-electron chi connectivity index (χ2n) is 4.54. The van der Waals surface area contributed by atoms with Crippen molar-refractivity contribution in [3.05, 3.63) is 0 Å². The SMILES string of the molecule is CC(C)C(C)CNS(=O)(=O)N(C)CCCN. The standard InChI is InChI=1S/C10H25N3O2S/c1-9(2)10(3)8-12-16(14,15)13(4)7-5-6-11/h9-10,12H,5-8,11H2,1-4H3. The minimum absolute atomic E-state index is 0.331. The Labute approximate surface area is 99.6 Å². The summed E-state index contributed by atoms with van der Waals surface area (Å²) in [5, 5.41) is 0. The smallest absolute Gasteiger partial charge is 0.279 e. The minimum Gasteiger partial charge on any atom is -0.330 e. The molecule has 0 aliphatic rings. The Morgan fingerprint density at radius 3 is 2.31 bits per heavy atom. The summed E-state index contributed by atoms with van der Waals surface area (Å²) >= 11 is 0. The number of hydrogen-bond acceptors (Lipinski definition) is 3. The van der Waals surface area contributed by atoms with Gasteiger partial charge in [0.1, 0.15) is 0 Å². The van der Waals surface area contributed by atoms with E-state index in [0.717, 1.165) is 0 Å². The van der Waals surface area contributed by atoms with E-state index in [2.05, 4.69) is 18.6 Å². The van der Waals surface area contributed by atoms with Crippen molar-refractivity contribution in [2.75, 3.05) is 26.7 Å². The Morgan fingerprint density at radius 1 is 1.31 bits per heavy atom. The third kappa shape index (κ3) is 5.79. The zero-order chi connectivity index (χ0) is 12.8. The third-order valence-electron chi connectivity index (χ3n) is 2.81. The largest absolute Gasteiger partial charge is 0.330 e. The Bertz CT molecular complexity index is 278. The van der Waals surface area contributed by atoms with Crippen LogP contribution in [0.4, 0.5) is 0 Å². The van der Waals surface area contributed by atoms with Crippen molar-refractivity contribution in [2.45, 2.75) is 27.2 Å². The lowest BCUT2D eigenvalue weighted by Gasteiger charge is -2.20. The van der Waals surface area contributed by atoms with Crippen molar-refractivity contribution >= 4 is 10.2 Å². The Balaban J connectivity index is 4.14. The van der Waals surface area contributed by atoms with Gasteiger partial charge in [-0.25, -0.2) is 4.72 Å². The first kappa shape index (κ1) is 15.8. The monoisotopic (exact) mass is 251 g/mol. The molecule has 0 radical (unpaired) electrons. The summed E-state index contributed by atoms with van der Waals surface area (Å²) < 4.78 is 27.4. The molecule has 0 saturated carbocycles. The van der Waals surface area contributed by atoms with Crippen molar-refractivity contribution in [2.24, 2.45) is 17.6 Å². The first-order valence-corrected chi connectivity index (χ1v) is 7.16. The van der Waals surface area contributed by atoms with Crippen molar-refractivity contribution < 1.29 is 8.42 Å². The van der Waals surface area contributed by atoms with E-state index in [1.807, 2.05) is 6.92 Å². The van der Waals surface area contributed by atoms with Gasteiger partial charge in [-0.1, -0.05) is 20.8 Å². The van der Waals surface area contributed by atoms with E-state index in [9.17, 15) is 8.42 Å². The van der Waals surface area contributed by atoms with Gasteiger partial charge in [-0.15, -0.1) is 0 Å². The van der Waals surface area contributed by atoms with Crippen molar-refractivity contribution in [3.8, 4) is 0 Å². The molecule has 0 aromatic rings. The fourth-order valence-corrected chi connectivity index (χ4v) is 2.08. The summed E-state index contributed by atoms with van der Waals surface area (Å²) in [5.74, 6) is 0.801. The molecule has 5 nitrogen and oxygen atoms in total. The van der Waals surface area contributed by atoms with Crippen LogP contribution in [-0.2, 0) is 10.2 Å². The van der Waals surface area contributed by atoms with Gasteiger partial charge in [0.15, 0.2) is 0 Å². The fraction of sp³-hybridized carbons (Fsp3) is 1.00. The lowest BCUT2D eigenvalue weighted by molar-refractivity contribution is 0.400. The Kier molecular flexibility index (Phi) is 7.14. The topological polar surface area (TPSA) is 75.4 Å². The number of hydrogen-bond donors (Lipinski definition) is 2. The number of nitrogens with two attached hydrogens (primary N) is 1. The van der Waals surface area contributed by atoms with E-state index >= 15 is 0 Å². The molecule has 6 heteroatoms. The molecule has 0 aromatic carbocycles. The van der Waals surface area contributed by atoms with Crippen LogP contribution in [0.15, 0.2) is 0 Å². The molecule has 0 amide bonds. The molecule has 3 N–H and O–H groups in total. The van der Waals surface area contributed by atoms with Crippen LogP contribution in [0.25, 0.3) is 0 Å². The van der Waals surface area contributed by atoms with E-state index in [1.54, 1.807) is 7.05 Å². The van der Waals surface area contributed by atoms with Gasteiger partial charge in [-0.2, -0.15) is 12.7 Å². The predicted molar refractivity (Wildman–Crippen MR) is 67.2 cm³/mol. The predicted octanol–water partition coefficient (Wildman–Crippen LogP) is 0.394. The molecule has 1 unspecified atom stereocenters. The number of rotatable bonds is 8. The Morgan fingerprint density at radius 2 is 1.88 bits per heavy atom. The van der Waals surface area contributed by atoms with Gasteiger partial charge in [0.05, 0.1) is 0 Å². The second kappa shape index (κ2) is 7.21. The molecule has 1 atom stereocenters. The van der Waals surface area contributed by atoms with Crippen molar-refractivity contribution in [1.29, 1.82) is 0 Å². The summed E-state index contributed by atoms with van der Waals surface area (Å²) in [4.78, 5) is 0. The van der Waals surface area contributed by atoms with E-state index in [4.69, 9.17) is 5.73 Å². The van der Waals surface area contributed by atoms with E-state index in [-0.39, 0.29) is 0 Å². The molecule has 0 aliphatic heterocycles. The average molecular weight is 251 g/mol. The van der Waals surface area contributed by atoms with Crippen LogP contribution < -0.4 is 10.5 Å². The number of nitrogens with one attached hydrogen (secondary N) is 1. The highest BCUT2D eigenvalue weighted by molar-refractivity contribution is 7.87. The van der Waals surface area contributed by atoms with Gasteiger partial charge in [0, 0.05) is 20.1 Å². The molecule has 0 aliphatic carbocycles.